The van der Waals surface area contributed by atoms with Crippen LogP contribution in [0.5, 0.6) is 0 Å². The molecule has 1 aromatic carbocycles. The van der Waals surface area contributed by atoms with Crippen LogP contribution in [0.4, 0.5) is 4.79 Å². The van der Waals surface area contributed by atoms with Crippen molar-refractivity contribution < 1.29 is 29.0 Å². The highest BCUT2D eigenvalue weighted by Crippen LogP contribution is 2.13. The summed E-state index contributed by atoms with van der Waals surface area (Å²) in [6, 6.07) is 7.45. The van der Waals surface area contributed by atoms with Gasteiger partial charge >= 0.3 is 12.1 Å². The first kappa shape index (κ1) is 18.7. The third-order valence-electron chi connectivity index (χ3n) is 3.75. The summed E-state index contributed by atoms with van der Waals surface area (Å²) in [5, 5.41) is 14.6. The number of hydrogen-bond acceptors (Lipinski definition) is 6. The Bertz CT molecular complexity index is 619. The molecule has 2 amide bonds. The molecule has 25 heavy (non-hydrogen) atoms. The van der Waals surface area contributed by atoms with Gasteiger partial charge in [0.15, 0.2) is 0 Å². The fourth-order valence-corrected chi connectivity index (χ4v) is 2.37. The maximum absolute atomic E-state index is 12.3. The second-order valence-electron chi connectivity index (χ2n) is 6.13. The monoisotopic (exact) mass is 350 g/mol. The van der Waals surface area contributed by atoms with E-state index in [1.54, 1.807) is 13.8 Å². The standard InChI is InChI=1S/C17H22N2O6/c1-10(2)14(15(21)18-12-8-13(20)25-16(12)22)19-17(23)24-9-11-6-4-3-5-7-11/h3-7,10,12,14,16,22H,8-9H2,1-2H3,(H,18,21)(H,19,23)/t12-,14-,16?/m0/s1. The second kappa shape index (κ2) is 8.48. The molecule has 1 fully saturated rings. The van der Waals surface area contributed by atoms with Gasteiger partial charge in [0.2, 0.25) is 12.2 Å². The van der Waals surface area contributed by atoms with Gasteiger partial charge in [0.25, 0.3) is 0 Å². The van der Waals surface area contributed by atoms with Crippen molar-refractivity contribution in [3.05, 3.63) is 35.9 Å². The summed E-state index contributed by atoms with van der Waals surface area (Å²) in [6.07, 6.45) is -2.22. The van der Waals surface area contributed by atoms with E-state index in [-0.39, 0.29) is 18.9 Å². The predicted octanol–water partition coefficient (Wildman–Crippen LogP) is 0.687. The number of cyclic esters (lactones) is 1. The Hall–Kier alpha value is -2.61. The van der Waals surface area contributed by atoms with Crippen molar-refractivity contribution in [1.82, 2.24) is 10.6 Å². The number of aliphatic hydroxyl groups is 1. The first-order valence-electron chi connectivity index (χ1n) is 8.02. The summed E-state index contributed by atoms with van der Waals surface area (Å²) < 4.78 is 9.68. The van der Waals surface area contributed by atoms with Gasteiger partial charge in [-0.05, 0) is 11.5 Å². The van der Waals surface area contributed by atoms with Gasteiger partial charge in [0, 0.05) is 0 Å². The quantitative estimate of drug-likeness (QED) is 0.651. The van der Waals surface area contributed by atoms with E-state index in [4.69, 9.17) is 4.74 Å². The molecule has 3 atom stereocenters. The SMILES string of the molecule is CC(C)[C@H](NC(=O)OCc1ccccc1)C(=O)N[C@H]1CC(=O)OC1O. The summed E-state index contributed by atoms with van der Waals surface area (Å²) in [7, 11) is 0. The van der Waals surface area contributed by atoms with Gasteiger partial charge in [-0.25, -0.2) is 4.79 Å². The van der Waals surface area contributed by atoms with Gasteiger partial charge in [-0.15, -0.1) is 0 Å². The van der Waals surface area contributed by atoms with E-state index in [9.17, 15) is 19.5 Å². The van der Waals surface area contributed by atoms with E-state index in [0.717, 1.165) is 5.56 Å². The van der Waals surface area contributed by atoms with E-state index < -0.39 is 36.3 Å². The molecule has 2 rings (SSSR count). The molecule has 0 aliphatic carbocycles. The zero-order chi connectivity index (χ0) is 18.4. The van der Waals surface area contributed by atoms with E-state index in [1.165, 1.54) is 0 Å². The number of benzene rings is 1. The van der Waals surface area contributed by atoms with Gasteiger partial charge in [-0.3, -0.25) is 9.59 Å². The molecule has 1 aromatic rings. The minimum absolute atomic E-state index is 0.0861. The summed E-state index contributed by atoms with van der Waals surface area (Å²) >= 11 is 0. The smallest absolute Gasteiger partial charge is 0.408 e. The van der Waals surface area contributed by atoms with Crippen molar-refractivity contribution >= 4 is 18.0 Å². The molecule has 0 saturated carbocycles. The Kier molecular flexibility index (Phi) is 6.35. The molecule has 8 nitrogen and oxygen atoms in total. The molecule has 1 saturated heterocycles. The zero-order valence-electron chi connectivity index (χ0n) is 14.1. The molecule has 0 radical (unpaired) electrons. The highest BCUT2D eigenvalue weighted by molar-refractivity contribution is 5.87. The van der Waals surface area contributed by atoms with Crippen LogP contribution in [0.3, 0.4) is 0 Å². The number of carbonyl (C=O) groups is 3. The molecule has 3 N–H and O–H groups in total. The number of aliphatic hydroxyl groups excluding tert-OH is 1. The molecule has 8 heteroatoms. The van der Waals surface area contributed by atoms with Crippen molar-refractivity contribution in [2.75, 3.05) is 0 Å². The number of nitrogens with one attached hydrogen (secondary N) is 2. The number of carbonyl (C=O) groups excluding carboxylic acids is 3. The largest absolute Gasteiger partial charge is 0.445 e. The number of amides is 2. The highest BCUT2D eigenvalue weighted by atomic mass is 16.6. The van der Waals surface area contributed by atoms with Crippen LogP contribution in [-0.2, 0) is 25.7 Å². The minimum Gasteiger partial charge on any atom is -0.445 e. The average molecular weight is 350 g/mol. The predicted molar refractivity (Wildman–Crippen MR) is 87.0 cm³/mol. The zero-order valence-corrected chi connectivity index (χ0v) is 14.1. The van der Waals surface area contributed by atoms with Crippen LogP contribution in [0.15, 0.2) is 30.3 Å². The lowest BCUT2D eigenvalue weighted by Crippen LogP contribution is -2.53. The molecule has 1 aliphatic heterocycles. The lowest BCUT2D eigenvalue weighted by molar-refractivity contribution is -0.155. The van der Waals surface area contributed by atoms with Crippen LogP contribution >= 0.6 is 0 Å². The first-order valence-corrected chi connectivity index (χ1v) is 8.02. The van der Waals surface area contributed by atoms with Crippen LogP contribution in [0.25, 0.3) is 0 Å². The van der Waals surface area contributed by atoms with Crippen molar-refractivity contribution in [3.8, 4) is 0 Å². The molecule has 0 spiro atoms. The Morgan fingerprint density at radius 1 is 1.32 bits per heavy atom. The van der Waals surface area contributed by atoms with E-state index in [1.807, 2.05) is 30.3 Å². The van der Waals surface area contributed by atoms with Crippen molar-refractivity contribution in [3.63, 3.8) is 0 Å². The Morgan fingerprint density at radius 3 is 2.56 bits per heavy atom. The highest BCUT2D eigenvalue weighted by Gasteiger charge is 2.36. The van der Waals surface area contributed by atoms with E-state index in [0.29, 0.717) is 0 Å². The fraction of sp³-hybridized carbons (Fsp3) is 0.471. The van der Waals surface area contributed by atoms with E-state index >= 15 is 0 Å². The summed E-state index contributed by atoms with van der Waals surface area (Å²) in [6.45, 7) is 3.60. The number of hydrogen-bond donors (Lipinski definition) is 3. The second-order valence-corrected chi connectivity index (χ2v) is 6.13. The third-order valence-corrected chi connectivity index (χ3v) is 3.75. The minimum atomic E-state index is -1.38. The number of ether oxygens (including phenoxy) is 2. The lowest BCUT2D eigenvalue weighted by atomic mass is 10.0. The van der Waals surface area contributed by atoms with Gasteiger partial charge < -0.3 is 25.2 Å². The Morgan fingerprint density at radius 2 is 2.00 bits per heavy atom. The molecule has 0 bridgehead atoms. The molecule has 0 aromatic heterocycles. The summed E-state index contributed by atoms with van der Waals surface area (Å²) in [5.41, 5.74) is 0.827. The molecule has 1 heterocycles. The van der Waals surface area contributed by atoms with Crippen LogP contribution in [0.1, 0.15) is 25.8 Å². The molecular formula is C17H22N2O6. The average Bonchev–Trinajstić information content (AvgIpc) is 2.88. The van der Waals surface area contributed by atoms with Crippen LogP contribution in [-0.4, -0.2) is 41.4 Å². The van der Waals surface area contributed by atoms with Crippen molar-refractivity contribution in [2.45, 2.75) is 45.2 Å². The van der Waals surface area contributed by atoms with Gasteiger partial charge in [-0.2, -0.15) is 0 Å². The molecule has 1 aliphatic rings. The van der Waals surface area contributed by atoms with Gasteiger partial charge in [-0.1, -0.05) is 44.2 Å². The number of esters is 1. The van der Waals surface area contributed by atoms with E-state index in [2.05, 4.69) is 15.4 Å². The van der Waals surface area contributed by atoms with Crippen LogP contribution < -0.4 is 10.6 Å². The first-order chi connectivity index (χ1) is 11.9. The molecule has 1 unspecified atom stereocenters. The number of rotatable bonds is 6. The van der Waals surface area contributed by atoms with Crippen molar-refractivity contribution in [2.24, 2.45) is 5.92 Å². The normalized spacial score (nSPS) is 20.7. The molecule has 136 valence electrons. The summed E-state index contributed by atoms with van der Waals surface area (Å²) in [5.74, 6) is -1.33. The number of alkyl carbamates (subject to hydrolysis) is 1. The fourth-order valence-electron chi connectivity index (χ4n) is 2.37. The van der Waals surface area contributed by atoms with Crippen LogP contribution in [0, 0.1) is 5.92 Å². The maximum atomic E-state index is 12.3. The molecular weight excluding hydrogens is 328 g/mol. The maximum Gasteiger partial charge on any atom is 0.408 e. The van der Waals surface area contributed by atoms with Crippen molar-refractivity contribution in [1.29, 1.82) is 0 Å². The topological polar surface area (TPSA) is 114 Å². The van der Waals surface area contributed by atoms with Gasteiger partial charge in [0.1, 0.15) is 18.7 Å². The summed E-state index contributed by atoms with van der Waals surface area (Å²) in [4.78, 5) is 35.4. The van der Waals surface area contributed by atoms with Crippen LogP contribution in [0.2, 0.25) is 0 Å². The lowest BCUT2D eigenvalue weighted by Gasteiger charge is -2.23. The Balaban J connectivity index is 1.87. The Labute approximate surface area is 145 Å². The van der Waals surface area contributed by atoms with Gasteiger partial charge in [0.05, 0.1) is 6.42 Å². The third kappa shape index (κ3) is 5.46.